The van der Waals surface area contributed by atoms with Crippen molar-refractivity contribution in [2.24, 2.45) is 0 Å². The number of benzene rings is 2. The quantitative estimate of drug-likeness (QED) is 0.321. The Morgan fingerprint density at radius 3 is 2.53 bits per heavy atom. The number of aromatic nitrogens is 2. The van der Waals surface area contributed by atoms with E-state index >= 15 is 0 Å². The zero-order valence-electron chi connectivity index (χ0n) is 16.5. The second-order valence-corrected chi connectivity index (χ2v) is 8.19. The first-order valence-corrected chi connectivity index (χ1v) is 10.8. The molecule has 4 rings (SSSR count). The summed E-state index contributed by atoms with van der Waals surface area (Å²) in [6.45, 7) is 0. The molecule has 0 saturated heterocycles. The van der Waals surface area contributed by atoms with Gasteiger partial charge >= 0.3 is 5.97 Å². The summed E-state index contributed by atoms with van der Waals surface area (Å²) in [5.74, 6) is -2.43. The van der Waals surface area contributed by atoms with Crippen LogP contribution in [0, 0.1) is 11.6 Å². The summed E-state index contributed by atoms with van der Waals surface area (Å²) in [5, 5.41) is 12.3. The first-order valence-electron chi connectivity index (χ1n) is 9.15. The van der Waals surface area contributed by atoms with Crippen LogP contribution in [-0.2, 0) is 0 Å². The highest BCUT2D eigenvalue weighted by atomic mass is 32.2. The number of ether oxygens (including phenoxy) is 1. The number of hydrogen-bond donors (Lipinski definition) is 2. The second-order valence-electron chi connectivity index (χ2n) is 6.50. The standard InChI is InChI=1S/C22H15F2N3O3S2/c1-30-19-7-16(22(28)29)17(24)8-18(19)27-32-20-11-31-21(26-20)13-4-2-12(3-5-13)14-6-15(23)10-25-9-14/h2-11,27H,1H3,(H,28,29). The maximum atomic E-state index is 14.0. The molecule has 0 fully saturated rings. The minimum Gasteiger partial charge on any atom is -0.495 e. The number of nitrogens with one attached hydrogen (secondary N) is 1. The average Bonchev–Trinajstić information content (AvgIpc) is 3.26. The van der Waals surface area contributed by atoms with Gasteiger partial charge < -0.3 is 14.6 Å². The molecule has 0 unspecified atom stereocenters. The molecule has 0 bridgehead atoms. The van der Waals surface area contributed by atoms with E-state index in [1.165, 1.54) is 24.5 Å². The summed E-state index contributed by atoms with van der Waals surface area (Å²) in [6.07, 6.45) is 2.76. The topological polar surface area (TPSA) is 84.3 Å². The third-order valence-electron chi connectivity index (χ3n) is 4.44. The van der Waals surface area contributed by atoms with Crippen LogP contribution >= 0.6 is 23.3 Å². The largest absolute Gasteiger partial charge is 0.495 e. The van der Waals surface area contributed by atoms with E-state index in [-0.39, 0.29) is 5.75 Å². The Kier molecular flexibility index (Phi) is 6.33. The summed E-state index contributed by atoms with van der Waals surface area (Å²) < 4.78 is 35.5. The molecule has 0 amide bonds. The summed E-state index contributed by atoms with van der Waals surface area (Å²) >= 11 is 2.58. The van der Waals surface area contributed by atoms with Crippen molar-refractivity contribution in [1.82, 2.24) is 9.97 Å². The fourth-order valence-corrected chi connectivity index (χ4v) is 4.48. The zero-order valence-corrected chi connectivity index (χ0v) is 18.1. The van der Waals surface area contributed by atoms with Crippen molar-refractivity contribution in [2.75, 3.05) is 11.8 Å². The Balaban J connectivity index is 1.48. The van der Waals surface area contributed by atoms with Crippen LogP contribution in [0.4, 0.5) is 14.5 Å². The van der Waals surface area contributed by atoms with Crippen molar-refractivity contribution in [1.29, 1.82) is 0 Å². The molecule has 0 aliphatic heterocycles. The summed E-state index contributed by atoms with van der Waals surface area (Å²) in [6, 6.07) is 11.1. The summed E-state index contributed by atoms with van der Waals surface area (Å²) in [5.41, 5.74) is 2.25. The lowest BCUT2D eigenvalue weighted by molar-refractivity contribution is 0.0691. The van der Waals surface area contributed by atoms with E-state index in [1.807, 2.05) is 29.6 Å². The molecule has 2 heterocycles. The number of nitrogens with zero attached hydrogens (tertiary/aromatic N) is 2. The van der Waals surface area contributed by atoms with Gasteiger partial charge in [-0.15, -0.1) is 11.3 Å². The Labute approximate surface area is 190 Å². The minimum absolute atomic E-state index is 0.203. The van der Waals surface area contributed by atoms with Crippen molar-refractivity contribution in [2.45, 2.75) is 5.03 Å². The molecular weight excluding hydrogens is 456 g/mol. The molecular formula is C22H15F2N3O3S2. The molecule has 2 N–H and O–H groups in total. The number of carboxylic acids is 1. The van der Waals surface area contributed by atoms with Crippen LogP contribution in [0.15, 0.2) is 65.3 Å². The van der Waals surface area contributed by atoms with Gasteiger partial charge in [0.05, 0.1) is 24.6 Å². The van der Waals surface area contributed by atoms with E-state index in [9.17, 15) is 13.6 Å². The number of thiazole rings is 1. The number of aromatic carboxylic acids is 1. The number of hydrogen-bond acceptors (Lipinski definition) is 7. The van der Waals surface area contributed by atoms with Crippen LogP contribution in [0.5, 0.6) is 5.75 Å². The maximum absolute atomic E-state index is 14.0. The molecule has 2 aromatic carbocycles. The van der Waals surface area contributed by atoms with E-state index in [1.54, 1.807) is 6.20 Å². The van der Waals surface area contributed by atoms with Crippen LogP contribution < -0.4 is 9.46 Å². The summed E-state index contributed by atoms with van der Waals surface area (Å²) in [7, 11) is 1.37. The van der Waals surface area contributed by atoms with Gasteiger partial charge in [0.15, 0.2) is 0 Å². The van der Waals surface area contributed by atoms with Crippen LogP contribution in [0.1, 0.15) is 10.4 Å². The van der Waals surface area contributed by atoms with Crippen molar-refractivity contribution in [3.05, 3.63) is 77.4 Å². The Hall–Kier alpha value is -3.50. The lowest BCUT2D eigenvalue weighted by atomic mass is 10.1. The molecule has 0 saturated carbocycles. The van der Waals surface area contributed by atoms with E-state index < -0.39 is 23.2 Å². The van der Waals surface area contributed by atoms with Gasteiger partial charge in [0.1, 0.15) is 27.4 Å². The lowest BCUT2D eigenvalue weighted by Crippen LogP contribution is -2.03. The van der Waals surface area contributed by atoms with Crippen molar-refractivity contribution in [3.63, 3.8) is 0 Å². The van der Waals surface area contributed by atoms with Crippen LogP contribution in [-0.4, -0.2) is 28.2 Å². The first kappa shape index (κ1) is 21.7. The second kappa shape index (κ2) is 9.33. The molecule has 32 heavy (non-hydrogen) atoms. The van der Waals surface area contributed by atoms with Gasteiger partial charge in [0, 0.05) is 40.7 Å². The smallest absolute Gasteiger partial charge is 0.338 e. The van der Waals surface area contributed by atoms with Crippen LogP contribution in [0.2, 0.25) is 0 Å². The molecule has 0 radical (unpaired) electrons. The summed E-state index contributed by atoms with van der Waals surface area (Å²) in [4.78, 5) is 19.5. The molecule has 0 spiro atoms. The Morgan fingerprint density at radius 2 is 1.84 bits per heavy atom. The third-order valence-corrected chi connectivity index (χ3v) is 6.22. The highest BCUT2D eigenvalue weighted by Crippen LogP contribution is 2.34. The molecule has 0 aliphatic rings. The van der Waals surface area contributed by atoms with Crippen LogP contribution in [0.3, 0.4) is 0 Å². The number of carboxylic acid groups (broad SMARTS) is 1. The van der Waals surface area contributed by atoms with Crippen molar-refractivity contribution < 1.29 is 23.4 Å². The molecule has 162 valence electrons. The van der Waals surface area contributed by atoms with Gasteiger partial charge in [-0.2, -0.15) is 0 Å². The van der Waals surface area contributed by atoms with Gasteiger partial charge in [0.2, 0.25) is 0 Å². The number of methoxy groups -OCH3 is 1. The van der Waals surface area contributed by atoms with Crippen molar-refractivity contribution in [3.8, 4) is 27.4 Å². The molecule has 0 atom stereocenters. The normalized spacial score (nSPS) is 10.7. The number of rotatable bonds is 7. The van der Waals surface area contributed by atoms with Gasteiger partial charge in [0.25, 0.3) is 0 Å². The van der Waals surface area contributed by atoms with E-state index in [0.29, 0.717) is 16.3 Å². The van der Waals surface area contributed by atoms with Gasteiger partial charge in [-0.1, -0.05) is 24.3 Å². The van der Waals surface area contributed by atoms with E-state index in [0.717, 1.165) is 46.4 Å². The molecule has 0 aliphatic carbocycles. The predicted molar refractivity (Wildman–Crippen MR) is 120 cm³/mol. The predicted octanol–water partition coefficient (Wildman–Crippen LogP) is 5.98. The lowest BCUT2D eigenvalue weighted by Gasteiger charge is -2.11. The van der Waals surface area contributed by atoms with Gasteiger partial charge in [-0.05, 0) is 17.7 Å². The monoisotopic (exact) mass is 471 g/mol. The Morgan fingerprint density at radius 1 is 1.09 bits per heavy atom. The first-order chi connectivity index (χ1) is 15.4. The molecule has 10 heteroatoms. The van der Waals surface area contributed by atoms with Crippen LogP contribution in [0.25, 0.3) is 21.7 Å². The zero-order chi connectivity index (χ0) is 22.7. The van der Waals surface area contributed by atoms with E-state index in [2.05, 4.69) is 14.7 Å². The number of anilines is 1. The fraction of sp³-hybridized carbons (Fsp3) is 0.0455. The molecule has 6 nitrogen and oxygen atoms in total. The number of carbonyl (C=O) groups is 1. The minimum atomic E-state index is -1.37. The van der Waals surface area contributed by atoms with Crippen molar-refractivity contribution >= 4 is 34.9 Å². The van der Waals surface area contributed by atoms with Gasteiger partial charge in [-0.3, -0.25) is 4.98 Å². The molecule has 4 aromatic rings. The third kappa shape index (κ3) is 4.71. The highest BCUT2D eigenvalue weighted by molar-refractivity contribution is 8.00. The average molecular weight is 472 g/mol. The van der Waals surface area contributed by atoms with Gasteiger partial charge in [-0.25, -0.2) is 18.6 Å². The fourth-order valence-electron chi connectivity index (χ4n) is 2.89. The number of halogens is 2. The SMILES string of the molecule is COc1cc(C(=O)O)c(F)cc1NSc1csc(-c2ccc(-c3cncc(F)c3)cc2)n1. The molecule has 2 aromatic heterocycles. The Bertz CT molecular complexity index is 1280. The maximum Gasteiger partial charge on any atom is 0.338 e. The highest BCUT2D eigenvalue weighted by Gasteiger charge is 2.16. The number of pyridine rings is 1. The van der Waals surface area contributed by atoms with E-state index in [4.69, 9.17) is 9.84 Å².